The van der Waals surface area contributed by atoms with Crippen LogP contribution in [0.15, 0.2) is 18.2 Å². The number of fused-ring (bicyclic) bond motifs is 1. The van der Waals surface area contributed by atoms with E-state index in [1.54, 1.807) is 12.1 Å². The number of benzene rings is 1. The molecule has 1 atom stereocenters. The summed E-state index contributed by atoms with van der Waals surface area (Å²) in [5.74, 6) is -0.542. The Labute approximate surface area is 129 Å². The zero-order chi connectivity index (χ0) is 15.6. The molecule has 22 heavy (non-hydrogen) atoms. The summed E-state index contributed by atoms with van der Waals surface area (Å²) in [6.07, 6.45) is 5.35. The van der Waals surface area contributed by atoms with Gasteiger partial charge in [-0.1, -0.05) is 37.8 Å². The van der Waals surface area contributed by atoms with Crippen LogP contribution in [0.5, 0.6) is 5.75 Å². The molecular formula is C17H22FNO3. The molecule has 5 heteroatoms. The van der Waals surface area contributed by atoms with Crippen LogP contribution in [0.3, 0.4) is 0 Å². The Morgan fingerprint density at radius 2 is 2.05 bits per heavy atom. The van der Waals surface area contributed by atoms with Gasteiger partial charge in [0.1, 0.15) is 0 Å². The maximum absolute atomic E-state index is 13.6. The molecule has 0 radical (unpaired) electrons. The minimum atomic E-state index is -0.817. The predicted octanol–water partition coefficient (Wildman–Crippen LogP) is 2.33. The lowest BCUT2D eigenvalue weighted by Crippen LogP contribution is -2.46. The standard InChI is InChI=1S/C17H22FNO3/c18-13-7-5-6-12-10-14(22-15(12)13)16(20)19-11-17(21)8-3-1-2-4-9-17/h5-7,14,21H,1-4,8-11H2,(H,19,20). The van der Waals surface area contributed by atoms with Gasteiger partial charge in [0.15, 0.2) is 17.7 Å². The van der Waals surface area contributed by atoms with Crippen molar-refractivity contribution in [1.29, 1.82) is 0 Å². The van der Waals surface area contributed by atoms with Gasteiger partial charge >= 0.3 is 0 Å². The Morgan fingerprint density at radius 1 is 1.32 bits per heavy atom. The fourth-order valence-corrected chi connectivity index (χ4v) is 3.31. The summed E-state index contributed by atoms with van der Waals surface area (Å²) in [7, 11) is 0. The highest BCUT2D eigenvalue weighted by atomic mass is 19.1. The summed E-state index contributed by atoms with van der Waals surface area (Å²) in [6.45, 7) is 0.241. The van der Waals surface area contributed by atoms with Crippen LogP contribution in [-0.2, 0) is 11.2 Å². The van der Waals surface area contributed by atoms with E-state index in [2.05, 4.69) is 5.32 Å². The second-order valence-electron chi connectivity index (χ2n) is 6.40. The molecule has 0 bridgehead atoms. The first-order valence-corrected chi connectivity index (χ1v) is 8.02. The summed E-state index contributed by atoms with van der Waals surface area (Å²) in [6, 6.07) is 4.71. The van der Waals surface area contributed by atoms with Gasteiger partial charge in [-0.3, -0.25) is 4.79 Å². The first kappa shape index (κ1) is 15.3. The molecule has 1 heterocycles. The van der Waals surface area contributed by atoms with Crippen molar-refractivity contribution < 1.29 is 19.0 Å². The van der Waals surface area contributed by atoms with Crippen molar-refractivity contribution >= 4 is 5.91 Å². The molecule has 1 aliphatic heterocycles. The van der Waals surface area contributed by atoms with E-state index in [-0.39, 0.29) is 18.2 Å². The normalized spacial score (nSPS) is 23.3. The highest BCUT2D eigenvalue weighted by molar-refractivity contribution is 5.82. The van der Waals surface area contributed by atoms with E-state index in [1.807, 2.05) is 0 Å². The number of carbonyl (C=O) groups excluding carboxylic acids is 1. The molecule has 0 spiro atoms. The summed E-state index contributed by atoms with van der Waals surface area (Å²) < 4.78 is 19.0. The van der Waals surface area contributed by atoms with Crippen molar-refractivity contribution in [2.24, 2.45) is 0 Å². The zero-order valence-corrected chi connectivity index (χ0v) is 12.6. The number of halogens is 1. The molecule has 2 aliphatic rings. The highest BCUT2D eigenvalue weighted by Crippen LogP contribution is 2.31. The smallest absolute Gasteiger partial charge is 0.261 e. The number of carbonyl (C=O) groups is 1. The topological polar surface area (TPSA) is 58.6 Å². The molecule has 1 fully saturated rings. The van der Waals surface area contributed by atoms with Crippen LogP contribution < -0.4 is 10.1 Å². The van der Waals surface area contributed by atoms with E-state index in [0.717, 1.165) is 25.7 Å². The van der Waals surface area contributed by atoms with Crippen LogP contribution in [0.1, 0.15) is 44.1 Å². The highest BCUT2D eigenvalue weighted by Gasteiger charge is 2.33. The van der Waals surface area contributed by atoms with Gasteiger partial charge in [-0.2, -0.15) is 0 Å². The number of aliphatic hydroxyl groups is 1. The molecule has 2 N–H and O–H groups in total. The van der Waals surface area contributed by atoms with Gasteiger partial charge in [0.05, 0.1) is 5.60 Å². The van der Waals surface area contributed by atoms with Gasteiger partial charge in [0, 0.05) is 18.5 Å². The monoisotopic (exact) mass is 307 g/mol. The number of amides is 1. The van der Waals surface area contributed by atoms with Crippen molar-refractivity contribution in [3.8, 4) is 5.75 Å². The van der Waals surface area contributed by atoms with Gasteiger partial charge in [0.25, 0.3) is 5.91 Å². The molecule has 1 aromatic rings. The maximum atomic E-state index is 13.6. The third-order valence-electron chi connectivity index (χ3n) is 4.63. The first-order valence-electron chi connectivity index (χ1n) is 8.02. The van der Waals surface area contributed by atoms with Gasteiger partial charge in [-0.15, -0.1) is 0 Å². The van der Waals surface area contributed by atoms with Crippen LogP contribution in [0.25, 0.3) is 0 Å². The van der Waals surface area contributed by atoms with Crippen molar-refractivity contribution in [2.75, 3.05) is 6.54 Å². The molecule has 3 rings (SSSR count). The first-order chi connectivity index (χ1) is 10.6. The summed E-state index contributed by atoms with van der Waals surface area (Å²) in [5.41, 5.74) is -0.101. The molecule has 0 aromatic heterocycles. The maximum Gasteiger partial charge on any atom is 0.261 e. The summed E-state index contributed by atoms with van der Waals surface area (Å²) >= 11 is 0. The third kappa shape index (κ3) is 3.24. The fraction of sp³-hybridized carbons (Fsp3) is 0.588. The second kappa shape index (κ2) is 6.24. The number of hydrogen-bond donors (Lipinski definition) is 2. The minimum absolute atomic E-state index is 0.177. The van der Waals surface area contributed by atoms with Gasteiger partial charge in [-0.05, 0) is 18.9 Å². The van der Waals surface area contributed by atoms with Crippen molar-refractivity contribution in [3.63, 3.8) is 0 Å². The van der Waals surface area contributed by atoms with Crippen molar-refractivity contribution in [1.82, 2.24) is 5.32 Å². The Kier molecular flexibility index (Phi) is 4.34. The van der Waals surface area contributed by atoms with Crippen LogP contribution >= 0.6 is 0 Å². The third-order valence-corrected chi connectivity index (χ3v) is 4.63. The Hall–Kier alpha value is -1.62. The lowest BCUT2D eigenvalue weighted by Gasteiger charge is -2.27. The van der Waals surface area contributed by atoms with Crippen molar-refractivity contribution in [3.05, 3.63) is 29.6 Å². The van der Waals surface area contributed by atoms with Crippen LogP contribution in [0.4, 0.5) is 4.39 Å². The van der Waals surface area contributed by atoms with Gasteiger partial charge in [-0.25, -0.2) is 4.39 Å². The molecular weight excluding hydrogens is 285 g/mol. The average Bonchev–Trinajstić information content (AvgIpc) is 2.83. The molecule has 1 unspecified atom stereocenters. The molecule has 1 saturated carbocycles. The lowest BCUT2D eigenvalue weighted by molar-refractivity contribution is -0.128. The van der Waals surface area contributed by atoms with E-state index < -0.39 is 17.5 Å². The zero-order valence-electron chi connectivity index (χ0n) is 12.6. The van der Waals surface area contributed by atoms with Crippen LogP contribution in [-0.4, -0.2) is 29.3 Å². The van der Waals surface area contributed by atoms with Gasteiger partial charge < -0.3 is 15.2 Å². The number of para-hydroxylation sites is 1. The van der Waals surface area contributed by atoms with E-state index in [4.69, 9.17) is 4.74 Å². The number of nitrogens with one attached hydrogen (secondary N) is 1. The quantitative estimate of drug-likeness (QED) is 0.843. The molecule has 0 saturated heterocycles. The number of hydrogen-bond acceptors (Lipinski definition) is 3. The summed E-state index contributed by atoms with van der Waals surface area (Å²) in [5, 5.41) is 13.3. The Balaban J connectivity index is 1.56. The van der Waals surface area contributed by atoms with E-state index >= 15 is 0 Å². The van der Waals surface area contributed by atoms with Crippen molar-refractivity contribution in [2.45, 2.75) is 56.7 Å². The molecule has 120 valence electrons. The summed E-state index contributed by atoms with van der Waals surface area (Å²) in [4.78, 5) is 12.2. The van der Waals surface area contributed by atoms with E-state index in [1.165, 1.54) is 6.07 Å². The minimum Gasteiger partial charge on any atom is -0.477 e. The van der Waals surface area contributed by atoms with E-state index in [9.17, 15) is 14.3 Å². The second-order valence-corrected chi connectivity index (χ2v) is 6.40. The molecule has 1 aromatic carbocycles. The lowest BCUT2D eigenvalue weighted by atomic mass is 9.94. The van der Waals surface area contributed by atoms with Crippen LogP contribution in [0.2, 0.25) is 0 Å². The number of rotatable bonds is 3. The van der Waals surface area contributed by atoms with Crippen LogP contribution in [0, 0.1) is 5.82 Å². The Morgan fingerprint density at radius 3 is 2.73 bits per heavy atom. The fourth-order valence-electron chi connectivity index (χ4n) is 3.31. The van der Waals surface area contributed by atoms with Gasteiger partial charge in [0.2, 0.25) is 0 Å². The van der Waals surface area contributed by atoms with E-state index in [0.29, 0.717) is 24.8 Å². The average molecular weight is 307 g/mol. The number of ether oxygens (including phenoxy) is 1. The molecule has 4 nitrogen and oxygen atoms in total. The molecule has 1 aliphatic carbocycles. The SMILES string of the molecule is O=C(NCC1(O)CCCCCC1)C1Cc2cccc(F)c2O1. The predicted molar refractivity (Wildman–Crippen MR) is 80.2 cm³/mol. The Bertz CT molecular complexity index is 553. The molecule has 1 amide bonds. The largest absolute Gasteiger partial charge is 0.477 e.